The molecule has 21 heavy (non-hydrogen) atoms. The minimum Gasteiger partial charge on any atom is -0.472 e. The summed E-state index contributed by atoms with van der Waals surface area (Å²) in [4.78, 5) is 4.76. The van der Waals surface area contributed by atoms with Crippen molar-refractivity contribution in [1.82, 2.24) is 9.38 Å². The quantitative estimate of drug-likeness (QED) is 0.450. The summed E-state index contributed by atoms with van der Waals surface area (Å²) >= 11 is 0. The van der Waals surface area contributed by atoms with Gasteiger partial charge in [-0.25, -0.2) is 4.98 Å². The van der Waals surface area contributed by atoms with E-state index in [0.29, 0.717) is 6.61 Å². The van der Waals surface area contributed by atoms with Crippen LogP contribution in [0, 0.1) is 13.8 Å². The van der Waals surface area contributed by atoms with Crippen LogP contribution in [0.5, 0.6) is 5.88 Å². The highest BCUT2D eigenvalue weighted by Gasteiger charge is 2.23. The largest absolute Gasteiger partial charge is 0.472 e. The van der Waals surface area contributed by atoms with Gasteiger partial charge in [0.05, 0.1) is 5.52 Å². The molecule has 0 unspecified atom stereocenters. The predicted octanol–water partition coefficient (Wildman–Crippen LogP) is 4.15. The van der Waals surface area contributed by atoms with Crippen LogP contribution in [0.2, 0.25) is 0 Å². The molecule has 0 aliphatic carbocycles. The molecular formula is C18H14N2O. The Kier molecular flexibility index (Phi) is 1.89. The lowest BCUT2D eigenvalue weighted by atomic mass is 9.98. The Balaban J connectivity index is 2.27. The average molecular weight is 274 g/mol. The summed E-state index contributed by atoms with van der Waals surface area (Å²) in [6.45, 7) is 4.82. The van der Waals surface area contributed by atoms with E-state index in [4.69, 9.17) is 9.72 Å². The molecule has 0 atom stereocenters. The number of fused-ring (bicyclic) bond motifs is 3. The van der Waals surface area contributed by atoms with Gasteiger partial charge in [-0.05, 0) is 24.8 Å². The lowest BCUT2D eigenvalue weighted by Gasteiger charge is -2.20. The first-order chi connectivity index (χ1) is 10.3. The second-order valence-electron chi connectivity index (χ2n) is 5.76. The number of aryl methyl sites for hydroxylation is 2. The van der Waals surface area contributed by atoms with Gasteiger partial charge in [0.25, 0.3) is 0 Å². The Hall–Kier alpha value is -2.55. The van der Waals surface area contributed by atoms with Crippen LogP contribution < -0.4 is 4.74 Å². The summed E-state index contributed by atoms with van der Waals surface area (Å²) in [5.74, 6) is 0.888. The molecule has 1 aliphatic rings. The maximum absolute atomic E-state index is 5.95. The van der Waals surface area contributed by atoms with Gasteiger partial charge in [0.2, 0.25) is 5.88 Å². The third kappa shape index (κ3) is 1.22. The second kappa shape index (κ2) is 3.55. The van der Waals surface area contributed by atoms with Crippen LogP contribution in [0.15, 0.2) is 36.4 Å². The maximum atomic E-state index is 5.95. The highest BCUT2D eigenvalue weighted by atomic mass is 16.5. The van der Waals surface area contributed by atoms with E-state index in [1.54, 1.807) is 0 Å². The number of nitrogens with zero attached hydrogens (tertiary/aromatic N) is 2. The second-order valence-corrected chi connectivity index (χ2v) is 5.76. The van der Waals surface area contributed by atoms with Crippen LogP contribution in [-0.4, -0.2) is 9.38 Å². The van der Waals surface area contributed by atoms with Crippen LogP contribution >= 0.6 is 0 Å². The molecule has 0 saturated heterocycles. The van der Waals surface area contributed by atoms with E-state index in [2.05, 4.69) is 47.7 Å². The molecule has 3 nitrogen and oxygen atoms in total. The van der Waals surface area contributed by atoms with Gasteiger partial charge in [0.15, 0.2) is 0 Å². The molecule has 2 aromatic carbocycles. The Morgan fingerprint density at radius 1 is 1.05 bits per heavy atom. The number of pyridine rings is 1. The molecule has 2 aromatic heterocycles. The lowest BCUT2D eigenvalue weighted by Crippen LogP contribution is -2.09. The number of rotatable bonds is 0. The fourth-order valence-corrected chi connectivity index (χ4v) is 3.56. The smallest absolute Gasteiger partial charge is 0.222 e. The van der Waals surface area contributed by atoms with Crippen molar-refractivity contribution in [3.8, 4) is 5.88 Å². The molecule has 102 valence electrons. The van der Waals surface area contributed by atoms with Crippen LogP contribution in [0.1, 0.15) is 16.8 Å². The third-order valence-electron chi connectivity index (χ3n) is 4.49. The molecule has 0 fully saturated rings. The molecule has 1 aliphatic heterocycles. The van der Waals surface area contributed by atoms with Crippen molar-refractivity contribution in [2.75, 3.05) is 0 Å². The van der Waals surface area contributed by atoms with Gasteiger partial charge in [0, 0.05) is 16.3 Å². The van der Waals surface area contributed by atoms with Gasteiger partial charge in [-0.3, -0.25) is 4.40 Å². The highest BCUT2D eigenvalue weighted by molar-refractivity contribution is 6.14. The summed E-state index contributed by atoms with van der Waals surface area (Å²) in [6.07, 6.45) is 0. The zero-order chi connectivity index (χ0) is 14.1. The summed E-state index contributed by atoms with van der Waals surface area (Å²) < 4.78 is 8.14. The van der Waals surface area contributed by atoms with E-state index in [1.165, 1.54) is 32.8 Å². The first kappa shape index (κ1) is 11.1. The fraction of sp³-hybridized carbons (Fsp3) is 0.167. The highest BCUT2D eigenvalue weighted by Crippen LogP contribution is 2.39. The van der Waals surface area contributed by atoms with Crippen LogP contribution in [0.25, 0.3) is 27.3 Å². The minimum atomic E-state index is 0.622. The Morgan fingerprint density at radius 3 is 2.71 bits per heavy atom. The minimum absolute atomic E-state index is 0.622. The van der Waals surface area contributed by atoms with Gasteiger partial charge in [-0.1, -0.05) is 36.4 Å². The van der Waals surface area contributed by atoms with Gasteiger partial charge in [0.1, 0.15) is 17.9 Å². The number of hydrogen-bond acceptors (Lipinski definition) is 2. The molecule has 4 aromatic rings. The number of aromatic nitrogens is 2. The van der Waals surface area contributed by atoms with Crippen molar-refractivity contribution in [3.05, 3.63) is 53.2 Å². The molecule has 0 bridgehead atoms. The van der Waals surface area contributed by atoms with Crippen LogP contribution in [0.3, 0.4) is 0 Å². The Bertz CT molecular complexity index is 1060. The summed E-state index contributed by atoms with van der Waals surface area (Å²) in [5.41, 5.74) is 5.74. The zero-order valence-corrected chi connectivity index (χ0v) is 12.0. The van der Waals surface area contributed by atoms with Crippen LogP contribution in [-0.2, 0) is 6.61 Å². The van der Waals surface area contributed by atoms with E-state index in [0.717, 1.165) is 17.2 Å². The molecule has 0 spiro atoms. The first-order valence-electron chi connectivity index (χ1n) is 7.20. The van der Waals surface area contributed by atoms with Crippen molar-refractivity contribution in [2.24, 2.45) is 0 Å². The van der Waals surface area contributed by atoms with Crippen molar-refractivity contribution >= 4 is 27.3 Å². The fourth-order valence-electron chi connectivity index (χ4n) is 3.56. The van der Waals surface area contributed by atoms with Crippen molar-refractivity contribution in [1.29, 1.82) is 0 Å². The summed E-state index contributed by atoms with van der Waals surface area (Å²) in [5, 5.41) is 3.78. The molecule has 5 rings (SSSR count). The van der Waals surface area contributed by atoms with Crippen LogP contribution in [0.4, 0.5) is 0 Å². The topological polar surface area (TPSA) is 26.5 Å². The molecule has 0 N–H and O–H groups in total. The van der Waals surface area contributed by atoms with E-state index in [9.17, 15) is 0 Å². The molecular weight excluding hydrogens is 260 g/mol. The molecule has 3 heteroatoms. The molecule has 3 heterocycles. The van der Waals surface area contributed by atoms with E-state index < -0.39 is 0 Å². The van der Waals surface area contributed by atoms with Gasteiger partial charge < -0.3 is 4.74 Å². The SMILES string of the molecule is Cc1nc2c3ccccc3c3c(C)ccc4c3n2c1OC4. The summed E-state index contributed by atoms with van der Waals surface area (Å²) in [7, 11) is 0. The Labute approximate surface area is 121 Å². The standard InChI is InChI=1S/C18H14N2O/c1-10-7-8-12-9-21-18-11(2)19-17-14-6-4-3-5-13(14)15(10)16(12)20(17)18/h3-8H,9H2,1-2H3. The van der Waals surface area contributed by atoms with Gasteiger partial charge in [-0.2, -0.15) is 0 Å². The lowest BCUT2D eigenvalue weighted by molar-refractivity contribution is 0.283. The summed E-state index contributed by atoms with van der Waals surface area (Å²) in [6, 6.07) is 12.9. The van der Waals surface area contributed by atoms with Crippen molar-refractivity contribution < 1.29 is 4.74 Å². The zero-order valence-electron chi connectivity index (χ0n) is 12.0. The maximum Gasteiger partial charge on any atom is 0.222 e. The van der Waals surface area contributed by atoms with Gasteiger partial charge >= 0.3 is 0 Å². The van der Waals surface area contributed by atoms with Gasteiger partial charge in [-0.15, -0.1) is 0 Å². The third-order valence-corrected chi connectivity index (χ3v) is 4.49. The number of benzene rings is 2. The van der Waals surface area contributed by atoms with Crippen molar-refractivity contribution in [2.45, 2.75) is 20.5 Å². The van der Waals surface area contributed by atoms with E-state index in [-0.39, 0.29) is 0 Å². The Morgan fingerprint density at radius 2 is 1.86 bits per heavy atom. The molecule has 0 saturated carbocycles. The number of hydrogen-bond donors (Lipinski definition) is 0. The number of ether oxygens (including phenoxy) is 1. The molecule has 0 amide bonds. The normalized spacial score (nSPS) is 13.4. The van der Waals surface area contributed by atoms with E-state index in [1.807, 2.05) is 6.92 Å². The predicted molar refractivity (Wildman–Crippen MR) is 84.0 cm³/mol. The number of imidazole rings is 1. The first-order valence-corrected chi connectivity index (χ1v) is 7.20. The monoisotopic (exact) mass is 274 g/mol. The van der Waals surface area contributed by atoms with Crippen molar-refractivity contribution in [3.63, 3.8) is 0 Å². The average Bonchev–Trinajstić information content (AvgIpc) is 2.85. The molecule has 0 radical (unpaired) electrons. The van der Waals surface area contributed by atoms with E-state index >= 15 is 0 Å².